The van der Waals surface area contributed by atoms with Crippen molar-refractivity contribution < 1.29 is 14.4 Å². The molecule has 2 N–H and O–H groups in total. The van der Waals surface area contributed by atoms with Gasteiger partial charge in [0.15, 0.2) is 5.11 Å². The zero-order chi connectivity index (χ0) is 24.9. The molecule has 1 aliphatic heterocycles. The van der Waals surface area contributed by atoms with Crippen LogP contribution in [0.2, 0.25) is 5.02 Å². The number of amides is 3. The molecule has 1 heterocycles. The molecular formula is C26H23ClN4O3S. The van der Waals surface area contributed by atoms with Crippen LogP contribution in [0.1, 0.15) is 27.9 Å². The van der Waals surface area contributed by atoms with Crippen LogP contribution in [0.15, 0.2) is 78.9 Å². The van der Waals surface area contributed by atoms with Crippen molar-refractivity contribution in [3.63, 3.8) is 0 Å². The van der Waals surface area contributed by atoms with Crippen molar-refractivity contribution in [2.45, 2.75) is 25.9 Å². The number of hydrogen-bond donors (Lipinski definition) is 2. The molecule has 3 aromatic carbocycles. The minimum atomic E-state index is -1.00. The molecule has 0 radical (unpaired) electrons. The Bertz CT molecular complexity index is 1270. The maximum absolute atomic E-state index is 13.4. The number of aryl methyl sites for hydroxylation is 1. The highest BCUT2D eigenvalue weighted by Crippen LogP contribution is 2.24. The fourth-order valence-corrected chi connectivity index (χ4v) is 4.19. The molecule has 1 aliphatic rings. The Morgan fingerprint density at radius 1 is 1.00 bits per heavy atom. The van der Waals surface area contributed by atoms with Gasteiger partial charge in [-0.1, -0.05) is 66.2 Å². The fraction of sp³-hybridized carbons (Fsp3) is 0.154. The summed E-state index contributed by atoms with van der Waals surface area (Å²) in [5.74, 6) is -1.21. The number of nitrogens with one attached hydrogen (secondary N) is 2. The van der Waals surface area contributed by atoms with Crippen LogP contribution in [0, 0.1) is 6.92 Å². The highest BCUT2D eigenvalue weighted by molar-refractivity contribution is 7.80. The van der Waals surface area contributed by atoms with E-state index in [1.807, 2.05) is 37.3 Å². The van der Waals surface area contributed by atoms with Crippen molar-refractivity contribution in [1.82, 2.24) is 15.3 Å². The first-order chi connectivity index (χ1) is 16.8. The van der Waals surface area contributed by atoms with Crippen LogP contribution in [0.25, 0.3) is 0 Å². The molecule has 178 valence electrons. The number of halogens is 1. The SMILES string of the molecule is Cc1ccc(NC(=O)CC2C(=O)N(Cc3ccccc3)C(=S)N2NC(=O)c2ccccc2)cc1Cl. The molecule has 4 rings (SSSR count). The summed E-state index contributed by atoms with van der Waals surface area (Å²) in [5, 5.41) is 4.71. The number of carbonyl (C=O) groups is 3. The number of nitrogens with zero attached hydrogens (tertiary/aromatic N) is 2. The summed E-state index contributed by atoms with van der Waals surface area (Å²) >= 11 is 11.7. The minimum absolute atomic E-state index is 0.124. The van der Waals surface area contributed by atoms with Crippen molar-refractivity contribution in [2.24, 2.45) is 0 Å². The first kappa shape index (κ1) is 24.4. The van der Waals surface area contributed by atoms with Crippen LogP contribution in [-0.4, -0.2) is 38.8 Å². The average Bonchev–Trinajstić information content (AvgIpc) is 3.06. The number of benzene rings is 3. The molecule has 1 saturated heterocycles. The normalized spacial score (nSPS) is 15.3. The summed E-state index contributed by atoms with van der Waals surface area (Å²) in [6.07, 6.45) is -0.217. The molecule has 0 spiro atoms. The molecule has 1 unspecified atom stereocenters. The lowest BCUT2D eigenvalue weighted by atomic mass is 10.1. The summed E-state index contributed by atoms with van der Waals surface area (Å²) in [7, 11) is 0. The van der Waals surface area contributed by atoms with E-state index in [0.29, 0.717) is 16.3 Å². The van der Waals surface area contributed by atoms with E-state index in [9.17, 15) is 14.4 Å². The van der Waals surface area contributed by atoms with Crippen molar-refractivity contribution in [3.8, 4) is 0 Å². The van der Waals surface area contributed by atoms with Crippen molar-refractivity contribution in [1.29, 1.82) is 0 Å². The Labute approximate surface area is 213 Å². The molecule has 0 saturated carbocycles. The van der Waals surface area contributed by atoms with Crippen molar-refractivity contribution in [2.75, 3.05) is 5.32 Å². The van der Waals surface area contributed by atoms with Crippen LogP contribution in [-0.2, 0) is 16.1 Å². The maximum atomic E-state index is 13.4. The molecule has 3 aromatic rings. The molecule has 7 nitrogen and oxygen atoms in total. The Hall–Kier alpha value is -3.75. The van der Waals surface area contributed by atoms with E-state index < -0.39 is 17.9 Å². The van der Waals surface area contributed by atoms with Gasteiger partial charge in [0.25, 0.3) is 11.8 Å². The summed E-state index contributed by atoms with van der Waals surface area (Å²) in [6, 6.07) is 22.1. The van der Waals surface area contributed by atoms with Gasteiger partial charge in [0.1, 0.15) is 6.04 Å². The molecule has 0 aromatic heterocycles. The average molecular weight is 507 g/mol. The van der Waals surface area contributed by atoms with Gasteiger partial charge in [0, 0.05) is 16.3 Å². The van der Waals surface area contributed by atoms with E-state index >= 15 is 0 Å². The van der Waals surface area contributed by atoms with Crippen LogP contribution in [0.5, 0.6) is 0 Å². The maximum Gasteiger partial charge on any atom is 0.269 e. The van der Waals surface area contributed by atoms with Crippen LogP contribution < -0.4 is 10.7 Å². The summed E-state index contributed by atoms with van der Waals surface area (Å²) < 4.78 is 0. The number of rotatable bonds is 7. The first-order valence-electron chi connectivity index (χ1n) is 10.9. The van der Waals surface area contributed by atoms with Gasteiger partial charge in [-0.3, -0.25) is 24.7 Å². The molecule has 1 fully saturated rings. The largest absolute Gasteiger partial charge is 0.326 e. The number of carbonyl (C=O) groups excluding carboxylic acids is 3. The second-order valence-electron chi connectivity index (χ2n) is 8.10. The topological polar surface area (TPSA) is 81.8 Å². The summed E-state index contributed by atoms with van der Waals surface area (Å²) in [5.41, 5.74) is 5.39. The fourth-order valence-electron chi connectivity index (χ4n) is 3.69. The zero-order valence-corrected chi connectivity index (χ0v) is 20.5. The lowest BCUT2D eigenvalue weighted by molar-refractivity contribution is -0.131. The molecule has 9 heteroatoms. The van der Waals surface area contributed by atoms with E-state index in [1.165, 1.54) is 9.91 Å². The predicted molar refractivity (Wildman–Crippen MR) is 139 cm³/mol. The number of thiocarbonyl (C=S) groups is 1. The van der Waals surface area contributed by atoms with E-state index in [0.717, 1.165) is 11.1 Å². The molecule has 3 amide bonds. The Kier molecular flexibility index (Phi) is 7.43. The molecular weight excluding hydrogens is 484 g/mol. The van der Waals surface area contributed by atoms with Gasteiger partial charge in [-0.25, -0.2) is 5.01 Å². The van der Waals surface area contributed by atoms with E-state index in [1.54, 1.807) is 48.5 Å². The first-order valence-corrected chi connectivity index (χ1v) is 11.7. The van der Waals surface area contributed by atoms with Crippen LogP contribution in [0.4, 0.5) is 5.69 Å². The van der Waals surface area contributed by atoms with Crippen LogP contribution >= 0.6 is 23.8 Å². The van der Waals surface area contributed by atoms with Crippen molar-refractivity contribution >= 4 is 52.3 Å². The summed E-state index contributed by atoms with van der Waals surface area (Å²) in [6.45, 7) is 2.09. The predicted octanol–water partition coefficient (Wildman–Crippen LogP) is 4.32. The molecule has 0 aliphatic carbocycles. The smallest absolute Gasteiger partial charge is 0.269 e. The lowest BCUT2D eigenvalue weighted by Gasteiger charge is -2.24. The second kappa shape index (κ2) is 10.7. The highest BCUT2D eigenvalue weighted by Gasteiger charge is 2.44. The van der Waals surface area contributed by atoms with Gasteiger partial charge < -0.3 is 5.32 Å². The van der Waals surface area contributed by atoms with Gasteiger partial charge >= 0.3 is 0 Å². The summed E-state index contributed by atoms with van der Waals surface area (Å²) in [4.78, 5) is 40.5. The Balaban J connectivity index is 1.55. The number of anilines is 1. The third-order valence-electron chi connectivity index (χ3n) is 5.58. The quantitative estimate of drug-likeness (QED) is 0.466. The van der Waals surface area contributed by atoms with Crippen LogP contribution in [0.3, 0.4) is 0 Å². The third-order valence-corrected chi connectivity index (χ3v) is 6.40. The Morgan fingerprint density at radius 3 is 2.31 bits per heavy atom. The van der Waals surface area contributed by atoms with E-state index in [-0.39, 0.29) is 24.0 Å². The molecule has 0 bridgehead atoms. The second-order valence-corrected chi connectivity index (χ2v) is 8.87. The number of hydrogen-bond acceptors (Lipinski definition) is 4. The van der Waals surface area contributed by atoms with Crippen molar-refractivity contribution in [3.05, 3.63) is 101 Å². The van der Waals surface area contributed by atoms with Gasteiger partial charge in [-0.2, -0.15) is 0 Å². The van der Waals surface area contributed by atoms with Gasteiger partial charge in [-0.15, -0.1) is 0 Å². The van der Waals surface area contributed by atoms with Gasteiger partial charge in [0.2, 0.25) is 5.91 Å². The van der Waals surface area contributed by atoms with E-state index in [2.05, 4.69) is 10.7 Å². The standard InChI is InChI=1S/C26H23ClN4O3S/c1-17-12-13-20(14-21(17)27)28-23(32)15-22-25(34)30(16-18-8-4-2-5-9-18)26(35)31(22)29-24(33)19-10-6-3-7-11-19/h2-14,22H,15-16H2,1H3,(H,28,32)(H,29,33). The van der Waals surface area contributed by atoms with E-state index in [4.69, 9.17) is 23.8 Å². The number of hydrazine groups is 1. The zero-order valence-electron chi connectivity index (χ0n) is 18.9. The molecule has 1 atom stereocenters. The van der Waals surface area contributed by atoms with Gasteiger partial charge in [-0.05, 0) is 54.5 Å². The van der Waals surface area contributed by atoms with Gasteiger partial charge in [0.05, 0.1) is 13.0 Å². The highest BCUT2D eigenvalue weighted by atomic mass is 35.5. The minimum Gasteiger partial charge on any atom is -0.326 e. The Morgan fingerprint density at radius 2 is 1.66 bits per heavy atom. The third kappa shape index (κ3) is 5.67. The lowest BCUT2D eigenvalue weighted by Crippen LogP contribution is -2.49. The monoisotopic (exact) mass is 506 g/mol. The molecule has 35 heavy (non-hydrogen) atoms.